The SMILES string of the molecule is Cc1cc(C(=O)CSc2nnc(N3CCOCC3)n2CC2CCCO2)c(C)n1-c1cccc(F)c1. The van der Waals surface area contributed by atoms with Crippen LogP contribution in [0.5, 0.6) is 0 Å². The number of hydrogen-bond donors (Lipinski definition) is 0. The number of benzene rings is 1. The Hall–Kier alpha value is -2.69. The molecule has 3 aromatic rings. The van der Waals surface area contributed by atoms with E-state index in [0.717, 1.165) is 49.9 Å². The van der Waals surface area contributed by atoms with Gasteiger partial charge in [-0.05, 0) is 51.0 Å². The van der Waals surface area contributed by atoms with Crippen molar-refractivity contribution in [1.82, 2.24) is 19.3 Å². The lowest BCUT2D eigenvalue weighted by atomic mass is 10.2. The third-order valence-electron chi connectivity index (χ3n) is 6.53. The van der Waals surface area contributed by atoms with E-state index in [9.17, 15) is 9.18 Å². The molecule has 0 saturated carbocycles. The summed E-state index contributed by atoms with van der Waals surface area (Å²) in [6, 6.07) is 8.28. The van der Waals surface area contributed by atoms with Gasteiger partial charge in [0.15, 0.2) is 10.9 Å². The van der Waals surface area contributed by atoms with Gasteiger partial charge in [0.05, 0.1) is 31.6 Å². The van der Waals surface area contributed by atoms with Crippen molar-refractivity contribution in [1.29, 1.82) is 0 Å². The second kappa shape index (κ2) is 10.5. The molecule has 2 aliphatic heterocycles. The molecule has 0 spiro atoms. The lowest BCUT2D eigenvalue weighted by molar-refractivity contribution is 0.0942. The number of nitrogens with zero attached hydrogens (tertiary/aromatic N) is 5. The topological polar surface area (TPSA) is 74.4 Å². The maximum Gasteiger partial charge on any atom is 0.228 e. The quantitative estimate of drug-likeness (QED) is 0.345. The summed E-state index contributed by atoms with van der Waals surface area (Å²) in [4.78, 5) is 15.4. The van der Waals surface area contributed by atoms with Crippen LogP contribution in [0.15, 0.2) is 35.5 Å². The molecule has 4 heterocycles. The number of carbonyl (C=O) groups is 1. The van der Waals surface area contributed by atoms with Crippen molar-refractivity contribution in [3.63, 3.8) is 0 Å². The molecule has 0 N–H and O–H groups in total. The minimum absolute atomic E-state index is 0.00495. The Kier molecular flexibility index (Phi) is 7.22. The highest BCUT2D eigenvalue weighted by Crippen LogP contribution is 2.28. The fourth-order valence-corrected chi connectivity index (χ4v) is 5.63. The number of thioether (sulfide) groups is 1. The van der Waals surface area contributed by atoms with Crippen LogP contribution in [0.1, 0.15) is 34.6 Å². The molecule has 2 aromatic heterocycles. The van der Waals surface area contributed by atoms with Crippen molar-refractivity contribution >= 4 is 23.5 Å². The maximum absolute atomic E-state index is 13.8. The van der Waals surface area contributed by atoms with Gasteiger partial charge in [-0.1, -0.05) is 17.8 Å². The van der Waals surface area contributed by atoms with Crippen LogP contribution in [0.25, 0.3) is 5.69 Å². The standard InChI is InChI=1S/C25H30FN5O3S/c1-17-13-22(18(2)31(17)20-6-3-5-19(26)14-20)23(32)16-35-25-28-27-24(29-8-11-33-12-9-29)30(25)15-21-7-4-10-34-21/h3,5-6,13-14,21H,4,7-12,15-16H2,1-2H3. The first kappa shape index (κ1) is 24.0. The summed E-state index contributed by atoms with van der Waals surface area (Å²) in [6.45, 7) is 8.12. The minimum Gasteiger partial charge on any atom is -0.378 e. The number of carbonyl (C=O) groups excluding carboxylic acids is 1. The van der Waals surface area contributed by atoms with Gasteiger partial charge in [0.2, 0.25) is 5.95 Å². The average molecular weight is 500 g/mol. The first-order valence-corrected chi connectivity index (χ1v) is 13.0. The minimum atomic E-state index is -0.305. The number of ketones is 1. The molecule has 0 bridgehead atoms. The van der Waals surface area contributed by atoms with E-state index in [1.54, 1.807) is 6.07 Å². The molecule has 8 nitrogen and oxygen atoms in total. The fourth-order valence-electron chi connectivity index (χ4n) is 4.80. The first-order valence-electron chi connectivity index (χ1n) is 12.0. The maximum atomic E-state index is 13.8. The van der Waals surface area contributed by atoms with Gasteiger partial charge in [-0.25, -0.2) is 4.39 Å². The van der Waals surface area contributed by atoms with Gasteiger partial charge in [0.25, 0.3) is 0 Å². The first-order chi connectivity index (χ1) is 17.0. The summed E-state index contributed by atoms with van der Waals surface area (Å²) in [5.41, 5.74) is 3.03. The van der Waals surface area contributed by atoms with Crippen LogP contribution in [0.4, 0.5) is 10.3 Å². The number of halogens is 1. The number of Topliss-reactive ketones (excluding diaryl/α,β-unsaturated/α-hetero) is 1. The van der Waals surface area contributed by atoms with Gasteiger partial charge in [-0.3, -0.25) is 9.36 Å². The number of hydrogen-bond acceptors (Lipinski definition) is 7. The van der Waals surface area contributed by atoms with Crippen molar-refractivity contribution < 1.29 is 18.7 Å². The molecule has 0 aliphatic carbocycles. The molecule has 0 radical (unpaired) electrons. The van der Waals surface area contributed by atoms with Gasteiger partial charge in [0, 0.05) is 42.3 Å². The molecular weight excluding hydrogens is 469 g/mol. The van der Waals surface area contributed by atoms with Gasteiger partial charge < -0.3 is 18.9 Å². The Balaban J connectivity index is 1.35. The fraction of sp³-hybridized carbons (Fsp3) is 0.480. The van der Waals surface area contributed by atoms with Crippen LogP contribution in [-0.2, 0) is 16.0 Å². The number of ether oxygens (including phenoxy) is 2. The Morgan fingerprint density at radius 3 is 2.74 bits per heavy atom. The van der Waals surface area contributed by atoms with E-state index in [1.807, 2.05) is 30.5 Å². The largest absolute Gasteiger partial charge is 0.378 e. The molecule has 2 fully saturated rings. The molecule has 2 saturated heterocycles. The Morgan fingerprint density at radius 2 is 2.00 bits per heavy atom. The van der Waals surface area contributed by atoms with Crippen LogP contribution in [0.2, 0.25) is 0 Å². The van der Waals surface area contributed by atoms with Crippen LogP contribution in [0, 0.1) is 19.7 Å². The van der Waals surface area contributed by atoms with E-state index in [1.165, 1.54) is 23.9 Å². The number of aryl methyl sites for hydroxylation is 1. The smallest absolute Gasteiger partial charge is 0.228 e. The lowest BCUT2D eigenvalue weighted by Gasteiger charge is -2.28. The summed E-state index contributed by atoms with van der Waals surface area (Å²) < 4.78 is 29.2. The molecule has 2 aliphatic rings. The van der Waals surface area contributed by atoms with Gasteiger partial charge in [0.1, 0.15) is 5.82 Å². The predicted octanol–water partition coefficient (Wildman–Crippen LogP) is 3.82. The third kappa shape index (κ3) is 5.14. The normalized spacial score (nSPS) is 18.4. The van der Waals surface area contributed by atoms with Crippen LogP contribution >= 0.6 is 11.8 Å². The summed E-state index contributed by atoms with van der Waals surface area (Å²) in [7, 11) is 0. The predicted molar refractivity (Wildman–Crippen MR) is 132 cm³/mol. The summed E-state index contributed by atoms with van der Waals surface area (Å²) in [5.74, 6) is 0.744. The van der Waals surface area contributed by atoms with E-state index in [4.69, 9.17) is 9.47 Å². The zero-order valence-corrected chi connectivity index (χ0v) is 20.9. The van der Waals surface area contributed by atoms with Crippen LogP contribution in [0.3, 0.4) is 0 Å². The zero-order chi connectivity index (χ0) is 24.4. The second-order valence-electron chi connectivity index (χ2n) is 8.94. The number of aromatic nitrogens is 4. The Bertz CT molecular complexity index is 1200. The van der Waals surface area contributed by atoms with Crippen LogP contribution in [-0.4, -0.2) is 69.9 Å². The van der Waals surface area contributed by atoms with Crippen molar-refractivity contribution in [2.75, 3.05) is 43.6 Å². The molecule has 1 aromatic carbocycles. The third-order valence-corrected chi connectivity index (χ3v) is 7.50. The summed E-state index contributed by atoms with van der Waals surface area (Å²) in [5, 5.41) is 9.63. The Morgan fingerprint density at radius 1 is 1.17 bits per heavy atom. The second-order valence-corrected chi connectivity index (χ2v) is 9.88. The highest BCUT2D eigenvalue weighted by Gasteiger charge is 2.26. The van der Waals surface area contributed by atoms with E-state index in [-0.39, 0.29) is 23.5 Å². The van der Waals surface area contributed by atoms with Crippen molar-refractivity contribution in [3.05, 3.63) is 53.1 Å². The molecule has 186 valence electrons. The monoisotopic (exact) mass is 499 g/mol. The lowest BCUT2D eigenvalue weighted by Crippen LogP contribution is -2.38. The van der Waals surface area contributed by atoms with E-state index < -0.39 is 0 Å². The molecule has 10 heteroatoms. The summed E-state index contributed by atoms with van der Waals surface area (Å²) >= 11 is 1.40. The Labute approximate surface area is 208 Å². The van der Waals surface area contributed by atoms with Gasteiger partial charge in [-0.2, -0.15) is 0 Å². The molecule has 1 atom stereocenters. The molecule has 0 amide bonds. The number of rotatable bonds is 8. The van der Waals surface area contributed by atoms with Gasteiger partial charge in [-0.15, -0.1) is 10.2 Å². The van der Waals surface area contributed by atoms with Crippen molar-refractivity contribution in [2.24, 2.45) is 0 Å². The van der Waals surface area contributed by atoms with E-state index >= 15 is 0 Å². The zero-order valence-electron chi connectivity index (χ0n) is 20.1. The molecular formula is C25H30FN5O3S. The molecule has 5 rings (SSSR count). The number of anilines is 1. The van der Waals surface area contributed by atoms with E-state index in [0.29, 0.717) is 36.2 Å². The highest BCUT2D eigenvalue weighted by atomic mass is 32.2. The number of morpholine rings is 1. The van der Waals surface area contributed by atoms with Crippen molar-refractivity contribution in [2.45, 2.75) is 44.5 Å². The van der Waals surface area contributed by atoms with Gasteiger partial charge >= 0.3 is 0 Å². The van der Waals surface area contributed by atoms with E-state index in [2.05, 4.69) is 19.7 Å². The van der Waals surface area contributed by atoms with Crippen molar-refractivity contribution in [3.8, 4) is 5.69 Å². The van der Waals surface area contributed by atoms with Crippen LogP contribution < -0.4 is 4.90 Å². The summed E-state index contributed by atoms with van der Waals surface area (Å²) in [6.07, 6.45) is 2.20. The molecule has 35 heavy (non-hydrogen) atoms. The average Bonchev–Trinajstić information content (AvgIpc) is 3.58. The highest BCUT2D eigenvalue weighted by molar-refractivity contribution is 7.99. The molecule has 1 unspecified atom stereocenters.